The van der Waals surface area contributed by atoms with Crippen LogP contribution >= 0.6 is 0 Å². The molecule has 0 N–H and O–H groups in total. The lowest BCUT2D eigenvalue weighted by atomic mass is 10.0. The molecule has 32 heavy (non-hydrogen) atoms. The third kappa shape index (κ3) is 3.34. The molecule has 0 amide bonds. The molecule has 152 valence electrons. The monoisotopic (exact) mass is 412 g/mol. The van der Waals surface area contributed by atoms with Crippen molar-refractivity contribution in [2.24, 2.45) is 0 Å². The first-order valence-electron chi connectivity index (χ1n) is 10.7. The topological polar surface area (TPSA) is 38.9 Å². The van der Waals surface area contributed by atoms with E-state index >= 15 is 0 Å². The first-order chi connectivity index (χ1) is 15.8. The summed E-state index contributed by atoms with van der Waals surface area (Å²) >= 11 is 0. The number of aromatic nitrogens is 2. The van der Waals surface area contributed by atoms with Crippen molar-refractivity contribution in [1.82, 2.24) is 9.97 Å². The molecular weight excluding hydrogens is 392 g/mol. The van der Waals surface area contributed by atoms with Gasteiger partial charge in [-0.3, -0.25) is 4.98 Å². The van der Waals surface area contributed by atoms with Crippen molar-refractivity contribution in [3.05, 3.63) is 121 Å². The second-order valence-electron chi connectivity index (χ2n) is 7.90. The Labute approximate surface area is 186 Å². The molecule has 3 heterocycles. The average Bonchev–Trinajstić information content (AvgIpc) is 3.23. The standard InChI is InChI=1S/C29H20N2O/c1-3-8-20(9-4-1)18-23-15-16-25-24-12-7-13-26(28(24)32-29(25)31-23)27-17-14-22(19-30-27)21-10-5-2-6-11-21/h1-17,19H,18H2. The highest BCUT2D eigenvalue weighted by molar-refractivity contribution is 6.08. The summed E-state index contributed by atoms with van der Waals surface area (Å²) in [5, 5.41) is 2.09. The Balaban J connectivity index is 1.40. The summed E-state index contributed by atoms with van der Waals surface area (Å²) in [6.07, 6.45) is 2.70. The maximum atomic E-state index is 6.28. The number of nitrogens with zero attached hydrogens (tertiary/aromatic N) is 2. The third-order valence-electron chi connectivity index (χ3n) is 5.80. The molecule has 3 aromatic carbocycles. The lowest BCUT2D eigenvalue weighted by Crippen LogP contribution is -1.91. The second kappa shape index (κ2) is 7.78. The summed E-state index contributed by atoms with van der Waals surface area (Å²) in [6.45, 7) is 0. The average molecular weight is 412 g/mol. The fourth-order valence-corrected chi connectivity index (χ4v) is 4.18. The van der Waals surface area contributed by atoms with E-state index in [0.29, 0.717) is 5.71 Å². The van der Waals surface area contributed by atoms with Crippen LogP contribution in [-0.4, -0.2) is 9.97 Å². The SMILES string of the molecule is c1ccc(Cc2ccc3c(n2)oc2c(-c4ccc(-c5ccccc5)cn4)cccc23)cc1. The summed E-state index contributed by atoms with van der Waals surface area (Å²) < 4.78 is 6.28. The molecule has 0 saturated carbocycles. The van der Waals surface area contributed by atoms with E-state index in [4.69, 9.17) is 14.4 Å². The van der Waals surface area contributed by atoms with Crippen LogP contribution in [0.2, 0.25) is 0 Å². The molecule has 0 bridgehead atoms. The zero-order valence-corrected chi connectivity index (χ0v) is 17.4. The minimum atomic E-state index is 0.668. The zero-order chi connectivity index (χ0) is 21.3. The Bertz CT molecular complexity index is 1520. The summed E-state index contributed by atoms with van der Waals surface area (Å²) in [5.41, 5.74) is 7.84. The summed E-state index contributed by atoms with van der Waals surface area (Å²) in [5.74, 6) is 0. The minimum Gasteiger partial charge on any atom is -0.437 e. The number of pyridine rings is 2. The molecule has 0 aliphatic carbocycles. The Morgan fingerprint density at radius 1 is 0.625 bits per heavy atom. The number of rotatable bonds is 4. The summed E-state index contributed by atoms with van der Waals surface area (Å²) in [6, 6.07) is 35.2. The van der Waals surface area contributed by atoms with Crippen LogP contribution in [0.15, 0.2) is 114 Å². The predicted octanol–water partition coefficient (Wildman–Crippen LogP) is 7.30. The molecule has 0 radical (unpaired) electrons. The van der Waals surface area contributed by atoms with Gasteiger partial charge in [-0.1, -0.05) is 78.9 Å². The van der Waals surface area contributed by atoms with E-state index in [1.54, 1.807) is 0 Å². The minimum absolute atomic E-state index is 0.668. The molecule has 0 saturated heterocycles. The maximum Gasteiger partial charge on any atom is 0.227 e. The first kappa shape index (κ1) is 18.5. The van der Waals surface area contributed by atoms with E-state index < -0.39 is 0 Å². The molecule has 3 heteroatoms. The number of benzene rings is 3. The van der Waals surface area contributed by atoms with Crippen molar-refractivity contribution in [2.75, 3.05) is 0 Å². The van der Waals surface area contributed by atoms with Crippen molar-refractivity contribution in [3.8, 4) is 22.4 Å². The third-order valence-corrected chi connectivity index (χ3v) is 5.80. The van der Waals surface area contributed by atoms with Crippen LogP contribution in [0, 0.1) is 0 Å². The molecule has 0 aliphatic heterocycles. The van der Waals surface area contributed by atoms with Crippen LogP contribution in [0.5, 0.6) is 0 Å². The van der Waals surface area contributed by atoms with Crippen molar-refractivity contribution in [2.45, 2.75) is 6.42 Å². The van der Waals surface area contributed by atoms with Gasteiger partial charge in [-0.2, -0.15) is 0 Å². The molecule has 0 fully saturated rings. The fourth-order valence-electron chi connectivity index (χ4n) is 4.18. The van der Waals surface area contributed by atoms with Gasteiger partial charge in [-0.15, -0.1) is 0 Å². The van der Waals surface area contributed by atoms with E-state index in [1.807, 2.05) is 30.5 Å². The maximum absolute atomic E-state index is 6.28. The van der Waals surface area contributed by atoms with E-state index in [2.05, 4.69) is 78.9 Å². The number of para-hydroxylation sites is 1. The highest BCUT2D eigenvalue weighted by Crippen LogP contribution is 2.35. The van der Waals surface area contributed by atoms with Gasteiger partial charge in [0.1, 0.15) is 5.58 Å². The van der Waals surface area contributed by atoms with Crippen LogP contribution in [0.1, 0.15) is 11.3 Å². The quantitative estimate of drug-likeness (QED) is 0.305. The first-order valence-corrected chi connectivity index (χ1v) is 10.7. The molecule has 0 aliphatic rings. The zero-order valence-electron chi connectivity index (χ0n) is 17.4. The van der Waals surface area contributed by atoms with Gasteiger partial charge in [0.2, 0.25) is 5.71 Å². The van der Waals surface area contributed by atoms with Gasteiger partial charge in [-0.25, -0.2) is 4.98 Å². The van der Waals surface area contributed by atoms with Gasteiger partial charge in [0.05, 0.1) is 5.69 Å². The van der Waals surface area contributed by atoms with Gasteiger partial charge >= 0.3 is 0 Å². The van der Waals surface area contributed by atoms with Gasteiger partial charge in [-0.05, 0) is 35.4 Å². The summed E-state index contributed by atoms with van der Waals surface area (Å²) in [7, 11) is 0. The molecule has 6 rings (SSSR count). The van der Waals surface area contributed by atoms with Gasteiger partial charge in [0.15, 0.2) is 0 Å². The molecule has 3 nitrogen and oxygen atoms in total. The lowest BCUT2D eigenvalue weighted by Gasteiger charge is -2.04. The fraction of sp³-hybridized carbons (Fsp3) is 0.0345. The van der Waals surface area contributed by atoms with Crippen LogP contribution < -0.4 is 0 Å². The van der Waals surface area contributed by atoms with Gasteiger partial charge < -0.3 is 4.42 Å². The van der Waals surface area contributed by atoms with Crippen molar-refractivity contribution < 1.29 is 4.42 Å². The molecule has 0 spiro atoms. The number of furan rings is 1. The molecule has 3 aromatic heterocycles. The molecule has 6 aromatic rings. The number of hydrogen-bond acceptors (Lipinski definition) is 3. The Morgan fingerprint density at radius 3 is 2.22 bits per heavy atom. The van der Waals surface area contributed by atoms with Gasteiger partial charge in [0, 0.05) is 40.2 Å². The van der Waals surface area contributed by atoms with E-state index in [1.165, 1.54) is 5.56 Å². The number of fused-ring (bicyclic) bond motifs is 3. The molecule has 0 atom stereocenters. The van der Waals surface area contributed by atoms with E-state index in [9.17, 15) is 0 Å². The number of hydrogen-bond donors (Lipinski definition) is 0. The Kier molecular flexibility index (Phi) is 4.51. The van der Waals surface area contributed by atoms with Crippen LogP contribution in [0.3, 0.4) is 0 Å². The Morgan fingerprint density at radius 2 is 1.44 bits per heavy atom. The summed E-state index contributed by atoms with van der Waals surface area (Å²) in [4.78, 5) is 9.55. The highest BCUT2D eigenvalue weighted by Gasteiger charge is 2.14. The normalized spacial score (nSPS) is 11.2. The Hall–Kier alpha value is -4.24. The molecular formula is C29H20N2O. The van der Waals surface area contributed by atoms with E-state index in [-0.39, 0.29) is 0 Å². The van der Waals surface area contributed by atoms with Crippen LogP contribution in [0.4, 0.5) is 0 Å². The largest absolute Gasteiger partial charge is 0.437 e. The lowest BCUT2D eigenvalue weighted by molar-refractivity contribution is 0.652. The van der Waals surface area contributed by atoms with Gasteiger partial charge in [0.25, 0.3) is 0 Å². The molecule has 0 unspecified atom stereocenters. The van der Waals surface area contributed by atoms with Crippen LogP contribution in [-0.2, 0) is 6.42 Å². The van der Waals surface area contributed by atoms with Crippen molar-refractivity contribution in [3.63, 3.8) is 0 Å². The highest BCUT2D eigenvalue weighted by atomic mass is 16.3. The van der Waals surface area contributed by atoms with Crippen molar-refractivity contribution in [1.29, 1.82) is 0 Å². The van der Waals surface area contributed by atoms with E-state index in [0.717, 1.165) is 50.9 Å². The second-order valence-corrected chi connectivity index (χ2v) is 7.90. The smallest absolute Gasteiger partial charge is 0.227 e. The van der Waals surface area contributed by atoms with Crippen LogP contribution in [0.25, 0.3) is 44.5 Å². The van der Waals surface area contributed by atoms with Crippen molar-refractivity contribution >= 4 is 22.1 Å². The predicted molar refractivity (Wildman–Crippen MR) is 129 cm³/mol.